The fourth-order valence-corrected chi connectivity index (χ4v) is 6.66. The van der Waals surface area contributed by atoms with Crippen LogP contribution in [0.1, 0.15) is 60.0 Å². The van der Waals surface area contributed by atoms with Crippen molar-refractivity contribution < 1.29 is 19.7 Å². The van der Waals surface area contributed by atoms with Crippen LogP contribution >= 0.6 is 11.6 Å². The van der Waals surface area contributed by atoms with Crippen molar-refractivity contribution in [2.24, 2.45) is 11.7 Å². The third-order valence-corrected chi connectivity index (χ3v) is 9.61. The Balaban J connectivity index is 1.21. The average molecular weight is 613 g/mol. The summed E-state index contributed by atoms with van der Waals surface area (Å²) in [6, 6.07) is 32.1. The molecule has 0 bridgehead atoms. The van der Waals surface area contributed by atoms with E-state index in [2.05, 4.69) is 48.2 Å². The third kappa shape index (κ3) is 6.63. The molecule has 2 saturated heterocycles. The number of piperidine rings is 1. The number of nitrogens with two attached hydrogens (primary N) is 1. The topological polar surface area (TPSA) is 88.2 Å². The van der Waals surface area contributed by atoms with E-state index in [0.717, 1.165) is 58.6 Å². The molecular formula is C37H41ClN2O4. The van der Waals surface area contributed by atoms with Crippen LogP contribution in [0.15, 0.2) is 97.1 Å². The van der Waals surface area contributed by atoms with Gasteiger partial charge in [0.05, 0.1) is 24.4 Å². The number of benzene rings is 4. The molecule has 0 aliphatic carbocycles. The molecule has 4 N–H and O–H groups in total. The van der Waals surface area contributed by atoms with Gasteiger partial charge in [0.25, 0.3) is 0 Å². The first kappa shape index (κ1) is 30.9. The molecule has 6 nitrogen and oxygen atoms in total. The highest BCUT2D eigenvalue weighted by molar-refractivity contribution is 6.30. The average Bonchev–Trinajstić information content (AvgIpc) is 3.07. The number of likely N-dealkylation sites (tertiary alicyclic amines) is 1. The van der Waals surface area contributed by atoms with Crippen molar-refractivity contribution in [1.29, 1.82) is 0 Å². The molecule has 6 rings (SSSR count). The molecule has 0 unspecified atom stereocenters. The van der Waals surface area contributed by atoms with E-state index in [0.29, 0.717) is 24.4 Å². The Morgan fingerprint density at radius 3 is 2.18 bits per heavy atom. The lowest BCUT2D eigenvalue weighted by molar-refractivity contribution is -0.277. The van der Waals surface area contributed by atoms with Crippen LogP contribution in [0.2, 0.25) is 5.02 Å². The maximum atomic E-state index is 11.4. The van der Waals surface area contributed by atoms with Gasteiger partial charge in [-0.05, 0) is 58.4 Å². The predicted molar refractivity (Wildman–Crippen MR) is 174 cm³/mol. The van der Waals surface area contributed by atoms with Crippen molar-refractivity contribution in [1.82, 2.24) is 4.90 Å². The second kappa shape index (κ2) is 13.5. The lowest BCUT2D eigenvalue weighted by atomic mass is 9.84. The Morgan fingerprint density at radius 1 is 0.864 bits per heavy atom. The van der Waals surface area contributed by atoms with Crippen LogP contribution in [0.25, 0.3) is 11.1 Å². The number of aliphatic hydroxyl groups is 2. The van der Waals surface area contributed by atoms with Gasteiger partial charge in [0, 0.05) is 42.7 Å². The van der Waals surface area contributed by atoms with Gasteiger partial charge >= 0.3 is 0 Å². The van der Waals surface area contributed by atoms with Gasteiger partial charge in [0.2, 0.25) is 0 Å². The quantitative estimate of drug-likeness (QED) is 0.204. The van der Waals surface area contributed by atoms with E-state index in [1.54, 1.807) is 0 Å². The second-order valence-corrected chi connectivity index (χ2v) is 12.6. The fourth-order valence-electron chi connectivity index (χ4n) is 6.54. The third-order valence-electron chi connectivity index (χ3n) is 9.36. The Kier molecular flexibility index (Phi) is 9.50. The van der Waals surface area contributed by atoms with Gasteiger partial charge in [-0.25, -0.2) is 0 Å². The van der Waals surface area contributed by atoms with E-state index < -0.39 is 11.9 Å². The maximum absolute atomic E-state index is 11.4. The predicted octanol–water partition coefficient (Wildman–Crippen LogP) is 6.73. The Bertz CT molecular complexity index is 1520. The summed E-state index contributed by atoms with van der Waals surface area (Å²) in [5, 5.41) is 21.7. The SMILES string of the molecule is C[C@@H]1[C@H](CN2CCC(O)(c3ccc(Cl)cc3)CC2)O[C@H](c2ccc(-c3ccccc3CN)cc2)O[C@@H]1c1ccc(CO)cc1. The first-order valence-corrected chi connectivity index (χ1v) is 15.8. The summed E-state index contributed by atoms with van der Waals surface area (Å²) in [4.78, 5) is 2.40. The minimum atomic E-state index is -0.854. The maximum Gasteiger partial charge on any atom is 0.184 e. The molecule has 0 saturated carbocycles. The zero-order chi connectivity index (χ0) is 30.7. The van der Waals surface area contributed by atoms with E-state index in [-0.39, 0.29) is 24.7 Å². The van der Waals surface area contributed by atoms with Gasteiger partial charge in [-0.15, -0.1) is 0 Å². The van der Waals surface area contributed by atoms with Crippen molar-refractivity contribution in [2.75, 3.05) is 19.6 Å². The highest BCUT2D eigenvalue weighted by Crippen LogP contribution is 2.43. The lowest BCUT2D eigenvalue weighted by Crippen LogP contribution is -2.49. The van der Waals surface area contributed by atoms with Crippen LogP contribution in [0.4, 0.5) is 0 Å². The summed E-state index contributed by atoms with van der Waals surface area (Å²) in [6.07, 6.45) is 0.491. The molecule has 4 aromatic carbocycles. The van der Waals surface area contributed by atoms with E-state index in [9.17, 15) is 10.2 Å². The van der Waals surface area contributed by atoms with Crippen molar-refractivity contribution in [3.05, 3.63) is 130 Å². The summed E-state index contributed by atoms with van der Waals surface area (Å²) in [5.74, 6) is 0.0824. The first-order chi connectivity index (χ1) is 21.4. The van der Waals surface area contributed by atoms with Crippen molar-refractivity contribution in [2.45, 2.75) is 57.0 Å². The minimum Gasteiger partial charge on any atom is -0.392 e. The van der Waals surface area contributed by atoms with Crippen molar-refractivity contribution in [3.8, 4) is 11.1 Å². The van der Waals surface area contributed by atoms with Crippen LogP contribution in [0, 0.1) is 5.92 Å². The zero-order valence-corrected chi connectivity index (χ0v) is 25.9. The summed E-state index contributed by atoms with van der Waals surface area (Å²) >= 11 is 6.09. The number of nitrogens with zero attached hydrogens (tertiary/aromatic N) is 1. The van der Waals surface area contributed by atoms with E-state index in [1.165, 1.54) is 0 Å². The van der Waals surface area contributed by atoms with Crippen LogP contribution in [0.5, 0.6) is 0 Å². The van der Waals surface area contributed by atoms with E-state index in [4.69, 9.17) is 26.8 Å². The highest BCUT2D eigenvalue weighted by atomic mass is 35.5. The lowest BCUT2D eigenvalue weighted by Gasteiger charge is -2.45. The molecule has 44 heavy (non-hydrogen) atoms. The molecule has 7 heteroatoms. The number of hydrogen-bond acceptors (Lipinski definition) is 6. The Morgan fingerprint density at radius 2 is 1.52 bits per heavy atom. The highest BCUT2D eigenvalue weighted by Gasteiger charge is 2.41. The minimum absolute atomic E-state index is 0.00663. The summed E-state index contributed by atoms with van der Waals surface area (Å²) < 4.78 is 13.4. The summed E-state index contributed by atoms with van der Waals surface area (Å²) in [6.45, 7) is 4.95. The standard InChI is InChI=1S/C37H41ClN2O4/c1-25-34(23-40-20-18-37(42,19-21-40)31-14-16-32(38)17-15-31)43-36(44-35(25)28-8-6-26(24-41)7-9-28)29-12-10-27(11-13-29)33-5-3-2-4-30(33)22-39/h2-17,25,34-36,41-42H,18-24,39H2,1H3/t25-,34+,35+,36+/m1/s1. The number of hydrogen-bond donors (Lipinski definition) is 3. The molecule has 2 fully saturated rings. The second-order valence-electron chi connectivity index (χ2n) is 12.1. The molecular weight excluding hydrogens is 572 g/mol. The summed E-state index contributed by atoms with van der Waals surface area (Å²) in [7, 11) is 0. The van der Waals surface area contributed by atoms with Crippen LogP contribution in [0.3, 0.4) is 0 Å². The van der Waals surface area contributed by atoms with Gasteiger partial charge < -0.3 is 30.3 Å². The Labute approximate surface area is 265 Å². The molecule has 2 heterocycles. The largest absolute Gasteiger partial charge is 0.392 e. The monoisotopic (exact) mass is 612 g/mol. The van der Waals surface area contributed by atoms with Crippen LogP contribution in [-0.2, 0) is 28.2 Å². The van der Waals surface area contributed by atoms with Gasteiger partial charge in [0.15, 0.2) is 6.29 Å². The van der Waals surface area contributed by atoms with Gasteiger partial charge in [-0.1, -0.05) is 103 Å². The van der Waals surface area contributed by atoms with Gasteiger partial charge in [-0.3, -0.25) is 0 Å². The van der Waals surface area contributed by atoms with Gasteiger partial charge in [-0.2, -0.15) is 0 Å². The fraction of sp³-hybridized carbons (Fsp3) is 0.351. The smallest absolute Gasteiger partial charge is 0.184 e. The van der Waals surface area contributed by atoms with Crippen LogP contribution < -0.4 is 5.73 Å². The summed E-state index contributed by atoms with van der Waals surface area (Å²) in [5.41, 5.74) is 12.3. The molecule has 4 atom stereocenters. The van der Waals surface area contributed by atoms with E-state index in [1.807, 2.05) is 60.7 Å². The van der Waals surface area contributed by atoms with E-state index >= 15 is 0 Å². The number of halogens is 1. The number of ether oxygens (including phenoxy) is 2. The number of aliphatic hydroxyl groups excluding tert-OH is 1. The molecule has 2 aliphatic rings. The van der Waals surface area contributed by atoms with Crippen LogP contribution in [-0.4, -0.2) is 40.9 Å². The molecule has 230 valence electrons. The molecule has 0 amide bonds. The first-order valence-electron chi connectivity index (χ1n) is 15.5. The van der Waals surface area contributed by atoms with Gasteiger partial charge in [0.1, 0.15) is 0 Å². The molecule has 4 aromatic rings. The Hall–Kier alpha value is -3.07. The molecule has 0 aromatic heterocycles. The van der Waals surface area contributed by atoms with Crippen molar-refractivity contribution in [3.63, 3.8) is 0 Å². The zero-order valence-electron chi connectivity index (χ0n) is 25.1. The molecule has 0 spiro atoms. The van der Waals surface area contributed by atoms with Crippen molar-refractivity contribution >= 4 is 11.6 Å². The normalized spacial score (nSPS) is 23.8. The molecule has 0 radical (unpaired) electrons. The molecule has 2 aliphatic heterocycles. The number of rotatable bonds is 8.